The van der Waals surface area contributed by atoms with Crippen LogP contribution >= 0.6 is 11.3 Å². The number of hydrogen-bond acceptors (Lipinski definition) is 5. The highest BCUT2D eigenvalue weighted by Crippen LogP contribution is 2.17. The predicted octanol–water partition coefficient (Wildman–Crippen LogP) is 4.39. The van der Waals surface area contributed by atoms with Crippen LogP contribution in [0.1, 0.15) is 41.0 Å². The van der Waals surface area contributed by atoms with Crippen molar-refractivity contribution in [3.63, 3.8) is 0 Å². The molecular formula is C22H27N5OS. The third-order valence-corrected chi connectivity index (χ3v) is 5.47. The van der Waals surface area contributed by atoms with E-state index in [0.717, 1.165) is 11.3 Å². The first kappa shape index (κ1) is 21.0. The number of likely N-dealkylation sites (tertiary alicyclic amines) is 1. The second-order valence-corrected chi connectivity index (χ2v) is 7.83. The molecule has 1 fully saturated rings. The Morgan fingerprint density at radius 3 is 2.62 bits per heavy atom. The summed E-state index contributed by atoms with van der Waals surface area (Å²) in [5, 5.41) is 5.22. The molecular weight excluding hydrogens is 382 g/mol. The average molecular weight is 410 g/mol. The fraction of sp³-hybridized carbons (Fsp3) is 0.318. The van der Waals surface area contributed by atoms with Gasteiger partial charge in [-0.2, -0.15) is 0 Å². The van der Waals surface area contributed by atoms with Crippen molar-refractivity contribution >= 4 is 28.5 Å². The number of piperidine rings is 1. The van der Waals surface area contributed by atoms with E-state index in [1.807, 2.05) is 34.3 Å². The molecule has 7 heteroatoms. The van der Waals surface area contributed by atoms with Gasteiger partial charge in [-0.3, -0.25) is 15.1 Å². The monoisotopic (exact) mass is 409 g/mol. The van der Waals surface area contributed by atoms with Crippen LogP contribution in [0.3, 0.4) is 0 Å². The van der Waals surface area contributed by atoms with Crippen molar-refractivity contribution in [2.75, 3.05) is 25.5 Å². The molecule has 3 aromatic heterocycles. The largest absolute Gasteiger partial charge is 0.339 e. The van der Waals surface area contributed by atoms with Gasteiger partial charge in [0, 0.05) is 30.5 Å². The average Bonchev–Trinajstić information content (AvgIpc) is 3.39. The third kappa shape index (κ3) is 6.37. The van der Waals surface area contributed by atoms with Gasteiger partial charge in [-0.25, -0.2) is 4.98 Å². The molecule has 1 amide bonds. The maximum Gasteiger partial charge on any atom is 0.274 e. The molecule has 152 valence electrons. The molecule has 0 aliphatic carbocycles. The van der Waals surface area contributed by atoms with Crippen LogP contribution in [0.5, 0.6) is 0 Å². The van der Waals surface area contributed by atoms with Gasteiger partial charge in [-0.05, 0) is 68.9 Å². The Bertz CT molecular complexity index is 912. The summed E-state index contributed by atoms with van der Waals surface area (Å²) in [6.45, 7) is 6.91. The standard InChI is InChI=1S/C16H14N4OS.C6H13N/c1-2-13-11-22-16(18-13)19-15(21)14-4-3-9-20(14)10-12-5-7-17-8-6-12;1-7-5-3-2-4-6-7/h2-9,11H,1,10H2,(H,18,19,21);2-6H2,1H3. The zero-order valence-electron chi connectivity index (χ0n) is 16.8. The van der Waals surface area contributed by atoms with Crippen LogP contribution in [0, 0.1) is 0 Å². The summed E-state index contributed by atoms with van der Waals surface area (Å²) in [7, 11) is 2.19. The second kappa shape index (κ2) is 10.7. The first-order chi connectivity index (χ1) is 14.2. The molecule has 4 heterocycles. The number of carbonyl (C=O) groups is 1. The summed E-state index contributed by atoms with van der Waals surface area (Å²) in [6, 6.07) is 7.50. The number of hydrogen-bond donors (Lipinski definition) is 1. The summed E-state index contributed by atoms with van der Waals surface area (Å²) in [4.78, 5) is 23.0. The van der Waals surface area contributed by atoms with Crippen molar-refractivity contribution in [2.24, 2.45) is 0 Å². The predicted molar refractivity (Wildman–Crippen MR) is 119 cm³/mol. The van der Waals surface area contributed by atoms with Crippen molar-refractivity contribution in [3.8, 4) is 0 Å². The van der Waals surface area contributed by atoms with Crippen molar-refractivity contribution < 1.29 is 4.79 Å². The first-order valence-corrected chi connectivity index (χ1v) is 10.7. The minimum absolute atomic E-state index is 0.177. The molecule has 29 heavy (non-hydrogen) atoms. The fourth-order valence-corrected chi connectivity index (χ4v) is 3.78. The number of nitrogens with one attached hydrogen (secondary N) is 1. The zero-order valence-corrected chi connectivity index (χ0v) is 17.6. The number of rotatable bonds is 5. The molecule has 6 nitrogen and oxygen atoms in total. The quantitative estimate of drug-likeness (QED) is 0.679. The lowest BCUT2D eigenvalue weighted by atomic mass is 10.1. The van der Waals surface area contributed by atoms with Crippen LogP contribution in [0.25, 0.3) is 6.08 Å². The number of aromatic nitrogens is 3. The highest BCUT2D eigenvalue weighted by molar-refractivity contribution is 7.14. The first-order valence-electron chi connectivity index (χ1n) is 9.77. The molecule has 4 rings (SSSR count). The van der Waals surface area contributed by atoms with E-state index in [9.17, 15) is 4.79 Å². The molecule has 0 bridgehead atoms. The topological polar surface area (TPSA) is 63.1 Å². The van der Waals surface area contributed by atoms with Gasteiger partial charge in [0.1, 0.15) is 5.69 Å². The Morgan fingerprint density at radius 1 is 1.24 bits per heavy atom. The molecule has 1 saturated heterocycles. The number of anilines is 1. The Balaban J connectivity index is 0.000000290. The summed E-state index contributed by atoms with van der Waals surface area (Å²) >= 11 is 1.38. The van der Waals surface area contributed by atoms with Gasteiger partial charge in [-0.1, -0.05) is 13.0 Å². The molecule has 1 aliphatic heterocycles. The minimum atomic E-state index is -0.177. The van der Waals surface area contributed by atoms with E-state index in [0.29, 0.717) is 17.4 Å². The van der Waals surface area contributed by atoms with E-state index in [2.05, 4.69) is 33.8 Å². The highest BCUT2D eigenvalue weighted by atomic mass is 32.1. The summed E-state index contributed by atoms with van der Waals surface area (Å²) in [6.07, 6.45) is 11.3. The molecule has 0 aromatic carbocycles. The molecule has 0 atom stereocenters. The van der Waals surface area contributed by atoms with E-state index in [4.69, 9.17) is 0 Å². The normalized spacial score (nSPS) is 14.0. The van der Waals surface area contributed by atoms with E-state index in [1.165, 1.54) is 43.7 Å². The lowest BCUT2D eigenvalue weighted by molar-refractivity contribution is 0.101. The highest BCUT2D eigenvalue weighted by Gasteiger charge is 2.13. The molecule has 3 aromatic rings. The van der Waals surface area contributed by atoms with Crippen LogP contribution in [0.4, 0.5) is 5.13 Å². The van der Waals surface area contributed by atoms with Crippen LogP contribution in [-0.4, -0.2) is 45.5 Å². The van der Waals surface area contributed by atoms with E-state index < -0.39 is 0 Å². The maximum absolute atomic E-state index is 12.4. The zero-order chi connectivity index (χ0) is 20.5. The van der Waals surface area contributed by atoms with E-state index in [-0.39, 0.29) is 5.91 Å². The van der Waals surface area contributed by atoms with E-state index >= 15 is 0 Å². The van der Waals surface area contributed by atoms with Gasteiger partial charge in [0.05, 0.1) is 5.69 Å². The summed E-state index contributed by atoms with van der Waals surface area (Å²) in [5.41, 5.74) is 2.43. The summed E-state index contributed by atoms with van der Waals surface area (Å²) in [5.74, 6) is -0.177. The van der Waals surface area contributed by atoms with Crippen LogP contribution < -0.4 is 5.32 Å². The van der Waals surface area contributed by atoms with Crippen molar-refractivity contribution in [1.82, 2.24) is 19.4 Å². The molecule has 0 unspecified atom stereocenters. The van der Waals surface area contributed by atoms with Gasteiger partial charge in [0.25, 0.3) is 5.91 Å². The summed E-state index contributed by atoms with van der Waals surface area (Å²) < 4.78 is 1.90. The van der Waals surface area contributed by atoms with Crippen molar-refractivity contribution in [3.05, 3.63) is 71.8 Å². The van der Waals surface area contributed by atoms with Gasteiger partial charge in [0.2, 0.25) is 0 Å². The SMILES string of the molecule is C=Cc1csc(NC(=O)c2cccn2Cc2ccncc2)n1.CN1CCCCC1. The Morgan fingerprint density at radius 2 is 2.00 bits per heavy atom. The van der Waals surface area contributed by atoms with Gasteiger partial charge >= 0.3 is 0 Å². The smallest absolute Gasteiger partial charge is 0.274 e. The molecule has 0 saturated carbocycles. The van der Waals surface area contributed by atoms with Crippen molar-refractivity contribution in [1.29, 1.82) is 0 Å². The van der Waals surface area contributed by atoms with Gasteiger partial charge in [0.15, 0.2) is 5.13 Å². The minimum Gasteiger partial charge on any atom is -0.339 e. The molecule has 1 aliphatic rings. The van der Waals surface area contributed by atoms with Gasteiger partial charge in [-0.15, -0.1) is 11.3 Å². The van der Waals surface area contributed by atoms with Crippen LogP contribution in [0.2, 0.25) is 0 Å². The Hall–Kier alpha value is -2.77. The third-order valence-electron chi connectivity index (χ3n) is 4.70. The van der Waals surface area contributed by atoms with Crippen LogP contribution in [-0.2, 0) is 6.54 Å². The number of thiazole rings is 1. The van der Waals surface area contributed by atoms with Crippen molar-refractivity contribution in [2.45, 2.75) is 25.8 Å². The van der Waals surface area contributed by atoms with Gasteiger partial charge < -0.3 is 9.47 Å². The molecule has 1 N–H and O–H groups in total. The number of pyridine rings is 1. The maximum atomic E-state index is 12.4. The lowest BCUT2D eigenvalue weighted by Crippen LogP contribution is -2.24. The second-order valence-electron chi connectivity index (χ2n) is 6.98. The lowest BCUT2D eigenvalue weighted by Gasteiger charge is -2.20. The number of nitrogens with zero attached hydrogens (tertiary/aromatic N) is 4. The number of amides is 1. The fourth-order valence-electron chi connectivity index (χ4n) is 3.09. The Kier molecular flexibility index (Phi) is 7.72. The van der Waals surface area contributed by atoms with E-state index in [1.54, 1.807) is 24.5 Å². The van der Waals surface area contributed by atoms with Crippen LogP contribution in [0.15, 0.2) is 54.8 Å². The molecule has 0 radical (unpaired) electrons. The Labute approximate surface area is 175 Å². The number of carbonyl (C=O) groups excluding carboxylic acids is 1. The molecule has 0 spiro atoms.